The first-order valence-electron chi connectivity index (χ1n) is 5.33. The van der Waals surface area contributed by atoms with Crippen molar-refractivity contribution in [1.82, 2.24) is 0 Å². The first-order chi connectivity index (χ1) is 8.20. The van der Waals surface area contributed by atoms with E-state index < -0.39 is 0 Å². The Bertz CT molecular complexity index is 510. The minimum Gasteiger partial charge on any atom is -0.300 e. The molecule has 0 saturated heterocycles. The van der Waals surface area contributed by atoms with Crippen LogP contribution in [0.2, 0.25) is 0 Å². The molecule has 1 rings (SSSR count). The second kappa shape index (κ2) is 6.30. The fourth-order valence-electron chi connectivity index (χ4n) is 1.48. The maximum Gasteiger partial charge on any atom is 0.0681 e. The van der Waals surface area contributed by atoms with Gasteiger partial charge < -0.3 is 0 Å². The third-order valence-corrected chi connectivity index (χ3v) is 2.34. The van der Waals surface area contributed by atoms with Crippen molar-refractivity contribution < 1.29 is 0 Å². The molecule has 0 unspecified atom stereocenters. The Balaban J connectivity index is 2.99. The van der Waals surface area contributed by atoms with Gasteiger partial charge in [0.05, 0.1) is 5.71 Å². The van der Waals surface area contributed by atoms with Crippen LogP contribution in [0.1, 0.15) is 12.5 Å². The van der Waals surface area contributed by atoms with Crippen LogP contribution < -0.4 is 0 Å². The Labute approximate surface area is 103 Å². The number of allylic oxidation sites excluding steroid dienone is 5. The fraction of sp³-hybridized carbons (Fsp3) is 0.0625. The average molecular weight is 221 g/mol. The van der Waals surface area contributed by atoms with E-state index in [9.17, 15) is 0 Å². The third kappa shape index (κ3) is 3.32. The molecular formula is C16H15N. The molecule has 1 aromatic rings. The maximum atomic E-state index is 8.08. The van der Waals surface area contributed by atoms with Gasteiger partial charge in [0.1, 0.15) is 0 Å². The maximum absolute atomic E-state index is 8.08. The van der Waals surface area contributed by atoms with Gasteiger partial charge in [-0.1, -0.05) is 48.9 Å². The van der Waals surface area contributed by atoms with Crippen molar-refractivity contribution in [1.29, 1.82) is 5.41 Å². The highest BCUT2D eigenvalue weighted by atomic mass is 14.4. The SMILES string of the molecule is C#C/C=C\C(=C)C(=N)/C(=C/C)c1ccccc1. The first kappa shape index (κ1) is 12.7. The Morgan fingerprint density at radius 3 is 2.53 bits per heavy atom. The van der Waals surface area contributed by atoms with Crippen LogP contribution in [-0.4, -0.2) is 5.71 Å². The Hall–Kier alpha value is -2.33. The van der Waals surface area contributed by atoms with Crippen LogP contribution in [0.5, 0.6) is 0 Å². The van der Waals surface area contributed by atoms with Crippen LogP contribution in [0.15, 0.2) is 60.7 Å². The molecule has 17 heavy (non-hydrogen) atoms. The van der Waals surface area contributed by atoms with Crippen LogP contribution >= 0.6 is 0 Å². The molecule has 0 aliphatic rings. The second-order valence-electron chi connectivity index (χ2n) is 3.47. The van der Waals surface area contributed by atoms with Gasteiger partial charge in [-0.15, -0.1) is 6.42 Å². The van der Waals surface area contributed by atoms with Crippen LogP contribution in [0, 0.1) is 17.8 Å². The van der Waals surface area contributed by atoms with E-state index in [1.165, 1.54) is 0 Å². The van der Waals surface area contributed by atoms with E-state index >= 15 is 0 Å². The van der Waals surface area contributed by atoms with Crippen molar-refractivity contribution in [3.63, 3.8) is 0 Å². The molecule has 0 aliphatic heterocycles. The number of rotatable bonds is 4. The van der Waals surface area contributed by atoms with Gasteiger partial charge in [-0.3, -0.25) is 5.41 Å². The van der Waals surface area contributed by atoms with Crippen LogP contribution in [-0.2, 0) is 0 Å². The van der Waals surface area contributed by atoms with Gasteiger partial charge in [0.25, 0.3) is 0 Å². The summed E-state index contributed by atoms with van der Waals surface area (Å²) in [5, 5.41) is 8.08. The third-order valence-electron chi connectivity index (χ3n) is 2.34. The Kier molecular flexibility index (Phi) is 4.72. The van der Waals surface area contributed by atoms with Gasteiger partial charge in [0, 0.05) is 5.57 Å². The molecule has 0 atom stereocenters. The van der Waals surface area contributed by atoms with Crippen molar-refractivity contribution in [3.05, 3.63) is 66.3 Å². The topological polar surface area (TPSA) is 23.9 Å². The summed E-state index contributed by atoms with van der Waals surface area (Å²) in [6, 6.07) is 9.80. The summed E-state index contributed by atoms with van der Waals surface area (Å²) in [5.41, 5.74) is 2.87. The molecule has 0 aliphatic carbocycles. The van der Waals surface area contributed by atoms with Crippen molar-refractivity contribution in [2.45, 2.75) is 6.92 Å². The summed E-state index contributed by atoms with van der Waals surface area (Å²) in [6.07, 6.45) is 10.3. The molecule has 1 N–H and O–H groups in total. The summed E-state index contributed by atoms with van der Waals surface area (Å²) in [6.45, 7) is 5.75. The van der Waals surface area contributed by atoms with Gasteiger partial charge in [-0.25, -0.2) is 0 Å². The van der Waals surface area contributed by atoms with Crippen LogP contribution in [0.3, 0.4) is 0 Å². The van der Waals surface area contributed by atoms with Crippen LogP contribution in [0.25, 0.3) is 5.57 Å². The van der Waals surface area contributed by atoms with E-state index in [0.717, 1.165) is 11.1 Å². The summed E-state index contributed by atoms with van der Waals surface area (Å²) in [4.78, 5) is 0. The lowest BCUT2D eigenvalue weighted by atomic mass is 9.96. The normalized spacial score (nSPS) is 11.2. The molecule has 0 aromatic heterocycles. The number of hydrogen-bond donors (Lipinski definition) is 1. The fourth-order valence-corrected chi connectivity index (χ4v) is 1.48. The van der Waals surface area contributed by atoms with E-state index in [0.29, 0.717) is 11.3 Å². The van der Waals surface area contributed by atoms with Crippen molar-refractivity contribution >= 4 is 11.3 Å². The number of hydrogen-bond acceptors (Lipinski definition) is 1. The molecule has 0 amide bonds. The molecule has 1 heteroatoms. The summed E-state index contributed by atoms with van der Waals surface area (Å²) in [7, 11) is 0. The van der Waals surface area contributed by atoms with E-state index in [4.69, 9.17) is 11.8 Å². The van der Waals surface area contributed by atoms with Crippen molar-refractivity contribution in [2.24, 2.45) is 0 Å². The van der Waals surface area contributed by atoms with Gasteiger partial charge >= 0.3 is 0 Å². The molecule has 0 heterocycles. The molecule has 0 bridgehead atoms. The zero-order valence-corrected chi connectivity index (χ0v) is 9.90. The van der Waals surface area contributed by atoms with E-state index in [2.05, 4.69) is 12.5 Å². The van der Waals surface area contributed by atoms with Gasteiger partial charge in [0.15, 0.2) is 0 Å². The Morgan fingerprint density at radius 2 is 2.00 bits per heavy atom. The highest BCUT2D eigenvalue weighted by molar-refractivity contribution is 6.30. The minimum absolute atomic E-state index is 0.394. The van der Waals surface area contributed by atoms with Crippen LogP contribution in [0.4, 0.5) is 0 Å². The zero-order valence-electron chi connectivity index (χ0n) is 9.90. The lowest BCUT2D eigenvalue weighted by molar-refractivity contribution is 1.49. The standard InChI is InChI=1S/C16H15N/c1-4-6-10-13(3)16(17)15(5-2)14-11-8-7-9-12-14/h1,5-12,17H,3H2,2H3/b10-6-,15-5+,17-16?. The lowest BCUT2D eigenvalue weighted by Crippen LogP contribution is -2.02. The Morgan fingerprint density at radius 1 is 1.35 bits per heavy atom. The van der Waals surface area contributed by atoms with Crippen molar-refractivity contribution in [2.75, 3.05) is 0 Å². The molecule has 0 spiro atoms. The number of nitrogens with one attached hydrogen (secondary N) is 1. The predicted octanol–water partition coefficient (Wildman–Crippen LogP) is 3.86. The van der Waals surface area contributed by atoms with Gasteiger partial charge in [-0.2, -0.15) is 0 Å². The molecule has 0 saturated carbocycles. The largest absolute Gasteiger partial charge is 0.300 e. The summed E-state index contributed by atoms with van der Waals surface area (Å²) >= 11 is 0. The van der Waals surface area contributed by atoms with Gasteiger partial charge in [-0.05, 0) is 30.2 Å². The number of terminal acetylenes is 1. The second-order valence-corrected chi connectivity index (χ2v) is 3.47. The zero-order chi connectivity index (χ0) is 12.7. The highest BCUT2D eigenvalue weighted by Gasteiger charge is 2.08. The molecule has 1 nitrogen and oxygen atoms in total. The minimum atomic E-state index is 0.394. The lowest BCUT2D eigenvalue weighted by Gasteiger charge is -2.09. The first-order valence-corrected chi connectivity index (χ1v) is 5.33. The predicted molar refractivity (Wildman–Crippen MR) is 74.9 cm³/mol. The van der Waals surface area contributed by atoms with E-state index in [1.54, 1.807) is 12.2 Å². The molecular weight excluding hydrogens is 206 g/mol. The highest BCUT2D eigenvalue weighted by Crippen LogP contribution is 2.19. The van der Waals surface area contributed by atoms with E-state index in [1.807, 2.05) is 43.3 Å². The summed E-state index contributed by atoms with van der Waals surface area (Å²) < 4.78 is 0. The average Bonchev–Trinajstić information content (AvgIpc) is 2.38. The monoisotopic (exact) mass is 221 g/mol. The van der Waals surface area contributed by atoms with Gasteiger partial charge in [0.2, 0.25) is 0 Å². The molecule has 0 radical (unpaired) electrons. The smallest absolute Gasteiger partial charge is 0.0681 e. The molecule has 84 valence electrons. The molecule has 0 fully saturated rings. The number of benzene rings is 1. The quantitative estimate of drug-likeness (QED) is 0.453. The molecule has 1 aromatic carbocycles. The summed E-state index contributed by atoms with van der Waals surface area (Å²) in [5.74, 6) is 2.39. The van der Waals surface area contributed by atoms with E-state index in [-0.39, 0.29) is 0 Å². The van der Waals surface area contributed by atoms with Crippen molar-refractivity contribution in [3.8, 4) is 12.3 Å².